The maximum atomic E-state index is 6.16. The third-order valence-electron chi connectivity index (χ3n) is 5.29. The summed E-state index contributed by atoms with van der Waals surface area (Å²) in [4.78, 5) is 2.49. The second-order valence-electron chi connectivity index (χ2n) is 7.50. The van der Waals surface area contributed by atoms with E-state index in [1.54, 1.807) is 0 Å². The van der Waals surface area contributed by atoms with Crippen molar-refractivity contribution in [3.63, 3.8) is 0 Å². The van der Waals surface area contributed by atoms with Crippen molar-refractivity contribution in [3.05, 3.63) is 47.3 Å². The van der Waals surface area contributed by atoms with Gasteiger partial charge < -0.3 is 14.8 Å². The van der Waals surface area contributed by atoms with Crippen LogP contribution in [0.2, 0.25) is 0 Å². The zero-order valence-corrected chi connectivity index (χ0v) is 15.7. The van der Waals surface area contributed by atoms with E-state index in [-0.39, 0.29) is 5.60 Å². The topological polar surface area (TPSA) is 51.6 Å². The number of benzene rings is 1. The highest BCUT2D eigenvalue weighted by atomic mass is 16.5. The molecule has 26 heavy (non-hydrogen) atoms. The lowest BCUT2D eigenvalue weighted by Gasteiger charge is -2.42. The van der Waals surface area contributed by atoms with Gasteiger partial charge >= 0.3 is 0 Å². The molecule has 6 nitrogen and oxygen atoms in total. The molecule has 2 aliphatic heterocycles. The van der Waals surface area contributed by atoms with Crippen molar-refractivity contribution in [1.82, 2.24) is 20.0 Å². The van der Waals surface area contributed by atoms with Gasteiger partial charge in [-0.3, -0.25) is 4.90 Å². The van der Waals surface area contributed by atoms with Crippen LogP contribution in [-0.4, -0.2) is 66.3 Å². The molecule has 2 aliphatic rings. The fraction of sp³-hybridized carbons (Fsp3) is 0.550. The molecular weight excluding hydrogens is 328 g/mol. The number of ether oxygens (including phenoxy) is 2. The number of nitrogens with one attached hydrogen (secondary N) is 1. The third-order valence-corrected chi connectivity index (χ3v) is 5.29. The molecule has 0 unspecified atom stereocenters. The predicted molar refractivity (Wildman–Crippen MR) is 101 cm³/mol. The van der Waals surface area contributed by atoms with E-state index in [0.29, 0.717) is 6.61 Å². The molecule has 1 aromatic carbocycles. The normalized spacial score (nSPS) is 24.7. The van der Waals surface area contributed by atoms with Gasteiger partial charge in [-0.15, -0.1) is 0 Å². The van der Waals surface area contributed by atoms with Crippen LogP contribution in [0.3, 0.4) is 0 Å². The molecule has 1 spiro atoms. The van der Waals surface area contributed by atoms with Gasteiger partial charge in [-0.05, 0) is 42.7 Å². The summed E-state index contributed by atoms with van der Waals surface area (Å²) in [5.74, 6) is 0. The number of hydrogen-bond acceptors (Lipinski definition) is 5. The Bertz CT molecular complexity index is 737. The Morgan fingerprint density at radius 3 is 3.04 bits per heavy atom. The first-order chi connectivity index (χ1) is 12.7. The summed E-state index contributed by atoms with van der Waals surface area (Å²) in [5.41, 5.74) is 4.84. The minimum atomic E-state index is -0.237. The van der Waals surface area contributed by atoms with Crippen molar-refractivity contribution in [2.24, 2.45) is 0 Å². The zero-order valence-electron chi connectivity index (χ0n) is 15.7. The molecule has 2 fully saturated rings. The summed E-state index contributed by atoms with van der Waals surface area (Å²) < 4.78 is 13.9. The van der Waals surface area contributed by atoms with Crippen LogP contribution in [0.15, 0.2) is 30.6 Å². The summed E-state index contributed by atoms with van der Waals surface area (Å²) in [6.45, 7) is 11.0. The zero-order chi connectivity index (χ0) is 18.0. The molecule has 0 saturated carbocycles. The Morgan fingerprint density at radius 1 is 1.27 bits per heavy atom. The largest absolute Gasteiger partial charge is 0.377 e. The Kier molecular flexibility index (Phi) is 5.09. The third kappa shape index (κ3) is 3.69. The SMILES string of the molecule is Cc1cc(C)c(CN2CCO[C@]3(CNCCOC3)C2)c(-n2cccn2)c1. The Morgan fingerprint density at radius 2 is 2.19 bits per heavy atom. The Hall–Kier alpha value is -1.73. The molecule has 1 N–H and O–H groups in total. The van der Waals surface area contributed by atoms with Crippen LogP contribution in [0.25, 0.3) is 5.69 Å². The summed E-state index contributed by atoms with van der Waals surface area (Å²) in [5, 5.41) is 7.92. The number of aromatic nitrogens is 2. The number of nitrogens with zero attached hydrogens (tertiary/aromatic N) is 3. The lowest BCUT2D eigenvalue weighted by atomic mass is 9.99. The molecule has 0 amide bonds. The van der Waals surface area contributed by atoms with Gasteiger partial charge in [0.2, 0.25) is 0 Å². The maximum absolute atomic E-state index is 6.16. The first-order valence-corrected chi connectivity index (χ1v) is 9.40. The van der Waals surface area contributed by atoms with E-state index in [0.717, 1.165) is 45.9 Å². The van der Waals surface area contributed by atoms with E-state index >= 15 is 0 Å². The molecule has 0 radical (unpaired) electrons. The second kappa shape index (κ2) is 7.48. The molecular formula is C20H28N4O2. The van der Waals surface area contributed by atoms with E-state index in [9.17, 15) is 0 Å². The summed E-state index contributed by atoms with van der Waals surface area (Å²) in [6, 6.07) is 6.45. The van der Waals surface area contributed by atoms with Crippen LogP contribution in [0.5, 0.6) is 0 Å². The molecule has 2 saturated heterocycles. The second-order valence-corrected chi connectivity index (χ2v) is 7.50. The minimum Gasteiger partial charge on any atom is -0.377 e. The highest BCUT2D eigenvalue weighted by molar-refractivity contribution is 5.48. The predicted octanol–water partition coefficient (Wildman–Crippen LogP) is 1.68. The Labute approximate surface area is 155 Å². The maximum Gasteiger partial charge on any atom is 0.116 e. The standard InChI is InChI=1S/C20H28N4O2/c1-16-10-17(2)18(19(11-16)24-6-3-4-22-24)12-23-7-9-26-20(14-23)13-21-5-8-25-15-20/h3-4,6,10-11,21H,5,7-9,12-15H2,1-2H3/t20-/m1/s1. The van der Waals surface area contributed by atoms with Crippen LogP contribution in [0.4, 0.5) is 0 Å². The number of aryl methyl sites for hydroxylation is 2. The molecule has 6 heteroatoms. The van der Waals surface area contributed by atoms with Crippen molar-refractivity contribution in [1.29, 1.82) is 0 Å². The summed E-state index contributed by atoms with van der Waals surface area (Å²) >= 11 is 0. The quantitative estimate of drug-likeness (QED) is 0.907. The van der Waals surface area contributed by atoms with Crippen LogP contribution >= 0.6 is 0 Å². The van der Waals surface area contributed by atoms with Crippen molar-refractivity contribution in [2.45, 2.75) is 26.0 Å². The molecule has 1 aromatic heterocycles. The number of morpholine rings is 1. The van der Waals surface area contributed by atoms with Crippen LogP contribution in [0.1, 0.15) is 16.7 Å². The molecule has 140 valence electrons. The lowest BCUT2D eigenvalue weighted by Crippen LogP contribution is -2.57. The van der Waals surface area contributed by atoms with Crippen LogP contribution < -0.4 is 5.32 Å². The van der Waals surface area contributed by atoms with Crippen molar-refractivity contribution >= 4 is 0 Å². The van der Waals surface area contributed by atoms with Gasteiger partial charge in [-0.1, -0.05) is 6.07 Å². The van der Waals surface area contributed by atoms with Gasteiger partial charge in [0.15, 0.2) is 0 Å². The molecule has 4 rings (SSSR count). The summed E-state index contributed by atoms with van der Waals surface area (Å²) in [7, 11) is 0. The highest BCUT2D eigenvalue weighted by Crippen LogP contribution is 2.26. The van der Waals surface area contributed by atoms with Crippen LogP contribution in [-0.2, 0) is 16.0 Å². The molecule has 0 bridgehead atoms. The molecule has 1 atom stereocenters. The van der Waals surface area contributed by atoms with Crippen molar-refractivity contribution in [2.75, 3.05) is 46.0 Å². The van der Waals surface area contributed by atoms with E-state index in [4.69, 9.17) is 9.47 Å². The number of hydrogen-bond donors (Lipinski definition) is 1. The van der Waals surface area contributed by atoms with E-state index in [2.05, 4.69) is 41.3 Å². The first kappa shape index (κ1) is 17.7. The van der Waals surface area contributed by atoms with Gasteiger partial charge in [0.1, 0.15) is 5.60 Å². The van der Waals surface area contributed by atoms with Gasteiger partial charge in [0.05, 0.1) is 25.5 Å². The average molecular weight is 356 g/mol. The van der Waals surface area contributed by atoms with E-state index in [1.807, 2.05) is 23.1 Å². The van der Waals surface area contributed by atoms with Gasteiger partial charge in [-0.2, -0.15) is 5.10 Å². The van der Waals surface area contributed by atoms with Gasteiger partial charge in [-0.25, -0.2) is 4.68 Å². The fourth-order valence-electron chi connectivity index (χ4n) is 4.04. The highest BCUT2D eigenvalue weighted by Gasteiger charge is 2.38. The minimum absolute atomic E-state index is 0.237. The van der Waals surface area contributed by atoms with Gasteiger partial charge in [0.25, 0.3) is 0 Å². The summed E-state index contributed by atoms with van der Waals surface area (Å²) in [6.07, 6.45) is 3.85. The average Bonchev–Trinajstić information content (AvgIpc) is 3.06. The number of rotatable bonds is 3. The van der Waals surface area contributed by atoms with E-state index < -0.39 is 0 Å². The monoisotopic (exact) mass is 356 g/mol. The van der Waals surface area contributed by atoms with E-state index in [1.165, 1.54) is 22.4 Å². The molecule has 0 aliphatic carbocycles. The molecule has 3 heterocycles. The van der Waals surface area contributed by atoms with Crippen molar-refractivity contribution < 1.29 is 9.47 Å². The fourth-order valence-corrected chi connectivity index (χ4v) is 4.04. The van der Waals surface area contributed by atoms with Crippen molar-refractivity contribution in [3.8, 4) is 5.69 Å². The van der Waals surface area contributed by atoms with Gasteiger partial charge in [0, 0.05) is 45.1 Å². The lowest BCUT2D eigenvalue weighted by molar-refractivity contribution is -0.135. The first-order valence-electron chi connectivity index (χ1n) is 9.40. The molecule has 2 aromatic rings. The Balaban J connectivity index is 1.59. The smallest absolute Gasteiger partial charge is 0.116 e. The van der Waals surface area contributed by atoms with Crippen LogP contribution in [0, 0.1) is 13.8 Å².